The predicted molar refractivity (Wildman–Crippen MR) is 147 cm³/mol. The minimum Gasteiger partial charge on any atom is -0.508 e. The molecule has 8 heteroatoms. The minimum absolute atomic E-state index is 0.113. The number of alkyl carbamates (subject to hydrolysis) is 1. The van der Waals surface area contributed by atoms with E-state index in [0.29, 0.717) is 11.1 Å². The molecule has 206 valence electrons. The Morgan fingerprint density at radius 1 is 1.03 bits per heavy atom. The maximum Gasteiger partial charge on any atom is 0.408 e. The van der Waals surface area contributed by atoms with Gasteiger partial charge in [0, 0.05) is 18.0 Å². The zero-order valence-corrected chi connectivity index (χ0v) is 23.5. The molecule has 1 fully saturated rings. The number of ether oxygens (including phenoxy) is 1. The fourth-order valence-corrected chi connectivity index (χ4v) is 4.28. The van der Waals surface area contributed by atoms with Crippen LogP contribution < -0.4 is 10.6 Å². The smallest absolute Gasteiger partial charge is 0.408 e. The monoisotopic (exact) mass is 523 g/mol. The number of carbonyl (C=O) groups excluding carboxylic acids is 3. The van der Waals surface area contributed by atoms with Gasteiger partial charge in [-0.1, -0.05) is 36.4 Å². The number of amides is 3. The summed E-state index contributed by atoms with van der Waals surface area (Å²) in [6.07, 6.45) is 1.06. The van der Waals surface area contributed by atoms with Gasteiger partial charge in [-0.05, 0) is 90.1 Å². The number of nitrogens with one attached hydrogen (secondary N) is 2. The first kappa shape index (κ1) is 29.0. The molecule has 2 aromatic rings. The second-order valence-corrected chi connectivity index (χ2v) is 12.1. The molecule has 1 aliphatic rings. The van der Waals surface area contributed by atoms with Gasteiger partial charge in [-0.3, -0.25) is 9.59 Å². The lowest BCUT2D eigenvalue weighted by Gasteiger charge is -2.36. The molecule has 3 amide bonds. The topological polar surface area (TPSA) is 108 Å². The highest BCUT2D eigenvalue weighted by atomic mass is 16.6. The van der Waals surface area contributed by atoms with Crippen molar-refractivity contribution in [3.05, 3.63) is 65.2 Å². The largest absolute Gasteiger partial charge is 0.508 e. The summed E-state index contributed by atoms with van der Waals surface area (Å²) in [5.74, 6) is -0.567. The Morgan fingerprint density at radius 3 is 2.18 bits per heavy atom. The molecule has 0 aliphatic heterocycles. The third-order valence-electron chi connectivity index (χ3n) is 6.03. The normalized spacial score (nSPS) is 15.2. The van der Waals surface area contributed by atoms with E-state index in [0.717, 1.165) is 18.4 Å². The molecule has 0 bridgehead atoms. The van der Waals surface area contributed by atoms with Gasteiger partial charge in [0.2, 0.25) is 11.8 Å². The van der Waals surface area contributed by atoms with E-state index in [4.69, 9.17) is 4.74 Å². The maximum atomic E-state index is 14.3. The third-order valence-corrected chi connectivity index (χ3v) is 6.03. The lowest BCUT2D eigenvalue weighted by Crippen LogP contribution is -2.55. The molecule has 2 atom stereocenters. The number of aryl methyl sites for hydroxylation is 1. The van der Waals surface area contributed by atoms with Crippen LogP contribution in [-0.2, 0) is 20.7 Å². The number of rotatable bonds is 8. The van der Waals surface area contributed by atoms with Crippen LogP contribution in [0.1, 0.15) is 77.1 Å². The van der Waals surface area contributed by atoms with Crippen molar-refractivity contribution in [2.24, 2.45) is 0 Å². The van der Waals surface area contributed by atoms with E-state index >= 15 is 0 Å². The number of phenolic OH excluding ortho intramolecular Hbond substituents is 1. The number of nitrogens with zero attached hydrogens (tertiary/aromatic N) is 1. The van der Waals surface area contributed by atoms with E-state index in [-0.39, 0.29) is 30.0 Å². The summed E-state index contributed by atoms with van der Waals surface area (Å²) in [4.78, 5) is 42.5. The van der Waals surface area contributed by atoms with Crippen LogP contribution in [-0.4, -0.2) is 51.1 Å². The molecule has 0 heterocycles. The average Bonchev–Trinajstić information content (AvgIpc) is 3.62. The fourth-order valence-electron chi connectivity index (χ4n) is 4.28. The van der Waals surface area contributed by atoms with Gasteiger partial charge in [-0.15, -0.1) is 0 Å². The number of benzene rings is 2. The van der Waals surface area contributed by atoms with Crippen LogP contribution in [0.15, 0.2) is 48.5 Å². The minimum atomic E-state index is -0.948. The van der Waals surface area contributed by atoms with Crippen molar-refractivity contribution in [3.63, 3.8) is 0 Å². The lowest BCUT2D eigenvalue weighted by atomic mass is 9.97. The number of phenols is 1. The first-order chi connectivity index (χ1) is 17.6. The standard InChI is InChI=1S/C30H41N3O5/c1-19-17-21(13-16-24(19)34)25(26(35)32-29(2,3)4)33(22-14-15-22)27(36)23(18-20-11-9-8-10-12-20)31-28(37)38-30(5,6)7/h8-13,16-17,22-23,25,34H,14-15,18H2,1-7H3,(H,31,37)(H,32,35). The Balaban J connectivity index is 2.04. The zero-order chi connectivity index (χ0) is 28.3. The summed E-state index contributed by atoms with van der Waals surface area (Å²) in [5.41, 5.74) is 0.802. The third kappa shape index (κ3) is 8.23. The predicted octanol–water partition coefficient (Wildman–Crippen LogP) is 4.78. The Kier molecular flexibility index (Phi) is 8.75. The Bertz CT molecular complexity index is 1150. The van der Waals surface area contributed by atoms with Crippen LogP contribution in [0.2, 0.25) is 0 Å². The highest BCUT2D eigenvalue weighted by Crippen LogP contribution is 2.37. The van der Waals surface area contributed by atoms with E-state index in [9.17, 15) is 19.5 Å². The van der Waals surface area contributed by atoms with Gasteiger partial charge in [0.1, 0.15) is 23.4 Å². The Labute approximate surface area is 225 Å². The molecule has 1 saturated carbocycles. The van der Waals surface area contributed by atoms with Crippen molar-refractivity contribution >= 4 is 17.9 Å². The summed E-state index contributed by atoms with van der Waals surface area (Å²) < 4.78 is 5.47. The van der Waals surface area contributed by atoms with E-state index in [1.54, 1.807) is 44.7 Å². The summed E-state index contributed by atoms with van der Waals surface area (Å²) in [5, 5.41) is 15.9. The second-order valence-electron chi connectivity index (χ2n) is 12.1. The maximum absolute atomic E-state index is 14.3. The fraction of sp³-hybridized carbons (Fsp3) is 0.500. The number of aromatic hydroxyl groups is 1. The van der Waals surface area contributed by atoms with Crippen LogP contribution >= 0.6 is 0 Å². The zero-order valence-electron chi connectivity index (χ0n) is 23.5. The highest BCUT2D eigenvalue weighted by Gasteiger charge is 2.44. The van der Waals surface area contributed by atoms with E-state index in [1.165, 1.54) is 6.07 Å². The van der Waals surface area contributed by atoms with E-state index in [1.807, 2.05) is 51.1 Å². The molecule has 3 N–H and O–H groups in total. The molecule has 2 unspecified atom stereocenters. The summed E-state index contributed by atoms with van der Waals surface area (Å²) >= 11 is 0. The Hall–Kier alpha value is -3.55. The van der Waals surface area contributed by atoms with Crippen LogP contribution in [0.25, 0.3) is 0 Å². The van der Waals surface area contributed by atoms with E-state index < -0.39 is 29.3 Å². The molecule has 0 spiro atoms. The first-order valence-corrected chi connectivity index (χ1v) is 13.1. The molecule has 3 rings (SSSR count). The quantitative estimate of drug-likeness (QED) is 0.461. The van der Waals surface area contributed by atoms with Crippen LogP contribution in [0.5, 0.6) is 5.75 Å². The van der Waals surface area contributed by atoms with Crippen molar-refractivity contribution < 1.29 is 24.2 Å². The SMILES string of the molecule is Cc1cc(C(C(=O)NC(C)(C)C)N(C(=O)C(Cc2ccccc2)NC(=O)OC(C)(C)C)C2CC2)ccc1O. The van der Waals surface area contributed by atoms with Crippen LogP contribution in [0, 0.1) is 6.92 Å². The molecular formula is C30H41N3O5. The van der Waals surface area contributed by atoms with Gasteiger partial charge in [0.05, 0.1) is 0 Å². The molecule has 38 heavy (non-hydrogen) atoms. The summed E-state index contributed by atoms with van der Waals surface area (Å²) in [6, 6.07) is 12.3. The molecule has 2 aromatic carbocycles. The van der Waals surface area contributed by atoms with Gasteiger partial charge < -0.3 is 25.4 Å². The van der Waals surface area contributed by atoms with E-state index in [2.05, 4.69) is 10.6 Å². The van der Waals surface area contributed by atoms with Crippen LogP contribution in [0.3, 0.4) is 0 Å². The molecule has 0 radical (unpaired) electrons. The molecule has 1 aliphatic carbocycles. The van der Waals surface area contributed by atoms with Gasteiger partial charge in [-0.2, -0.15) is 0 Å². The molecule has 0 aromatic heterocycles. The van der Waals surface area contributed by atoms with Crippen molar-refractivity contribution in [2.45, 2.75) is 97.0 Å². The van der Waals surface area contributed by atoms with Crippen LogP contribution in [0.4, 0.5) is 4.79 Å². The van der Waals surface area contributed by atoms with Gasteiger partial charge >= 0.3 is 6.09 Å². The average molecular weight is 524 g/mol. The van der Waals surface area contributed by atoms with Gasteiger partial charge in [0.25, 0.3) is 0 Å². The van der Waals surface area contributed by atoms with Crippen molar-refractivity contribution in [2.75, 3.05) is 0 Å². The molecule has 8 nitrogen and oxygen atoms in total. The first-order valence-electron chi connectivity index (χ1n) is 13.1. The van der Waals surface area contributed by atoms with Crippen molar-refractivity contribution in [1.29, 1.82) is 0 Å². The summed E-state index contributed by atoms with van der Waals surface area (Å²) in [6.45, 7) is 12.7. The van der Waals surface area contributed by atoms with Gasteiger partial charge in [-0.25, -0.2) is 4.79 Å². The van der Waals surface area contributed by atoms with Crippen molar-refractivity contribution in [3.8, 4) is 5.75 Å². The number of carbonyl (C=O) groups is 3. The van der Waals surface area contributed by atoms with Crippen molar-refractivity contribution in [1.82, 2.24) is 15.5 Å². The number of hydrogen-bond donors (Lipinski definition) is 3. The lowest BCUT2D eigenvalue weighted by molar-refractivity contribution is -0.143. The second kappa shape index (κ2) is 11.5. The number of hydrogen-bond acceptors (Lipinski definition) is 5. The van der Waals surface area contributed by atoms with Gasteiger partial charge in [0.15, 0.2) is 0 Å². The molecule has 0 saturated heterocycles. The summed E-state index contributed by atoms with van der Waals surface area (Å²) in [7, 11) is 0. The Morgan fingerprint density at radius 2 is 1.66 bits per heavy atom. The molecular weight excluding hydrogens is 482 g/mol. The highest BCUT2D eigenvalue weighted by molar-refractivity contribution is 5.93.